The highest BCUT2D eigenvalue weighted by molar-refractivity contribution is 4.49. The topological polar surface area (TPSA) is 9.23 Å². The lowest BCUT2D eigenvalue weighted by Crippen LogP contribution is -1.95. The van der Waals surface area contributed by atoms with Crippen molar-refractivity contribution in [3.63, 3.8) is 0 Å². The minimum absolute atomic E-state index is 0.0567. The molecule has 0 amide bonds. The first-order chi connectivity index (χ1) is 3.77. The highest BCUT2D eigenvalue weighted by Gasteiger charge is 1.99. The lowest BCUT2D eigenvalue weighted by atomic mass is 10.5. The number of ether oxygens (including phenoxy) is 1. The first-order valence-corrected chi connectivity index (χ1v) is 2.28. The van der Waals surface area contributed by atoms with Crippen LogP contribution in [0.5, 0.6) is 0 Å². The molecule has 0 saturated carbocycles. The monoisotopic (exact) mass is 122 g/mol. The van der Waals surface area contributed by atoms with Crippen LogP contribution in [0.25, 0.3) is 0 Å². The molecule has 0 bridgehead atoms. The van der Waals surface area contributed by atoms with E-state index in [2.05, 4.69) is 11.3 Å². The summed E-state index contributed by atoms with van der Waals surface area (Å²) in [5.74, 6) is 0. The summed E-state index contributed by atoms with van der Waals surface area (Å²) in [6, 6.07) is 0. The zero-order valence-electron chi connectivity index (χ0n) is 4.44. The fourth-order valence-electron chi connectivity index (χ4n) is 0.240. The summed E-state index contributed by atoms with van der Waals surface area (Å²) >= 11 is 0. The van der Waals surface area contributed by atoms with Crippen molar-refractivity contribution in [2.24, 2.45) is 0 Å². The molecule has 0 aromatic carbocycles. The second-order valence-corrected chi connectivity index (χ2v) is 1.22. The van der Waals surface area contributed by atoms with Crippen molar-refractivity contribution in [2.45, 2.75) is 12.8 Å². The third kappa shape index (κ3) is 5.40. The molecular formula is C5H8F2O. The van der Waals surface area contributed by atoms with E-state index in [-0.39, 0.29) is 13.0 Å². The minimum atomic E-state index is -2.27. The molecule has 0 atom stereocenters. The van der Waals surface area contributed by atoms with E-state index in [4.69, 9.17) is 0 Å². The Morgan fingerprint density at radius 2 is 2.25 bits per heavy atom. The van der Waals surface area contributed by atoms with E-state index >= 15 is 0 Å². The Morgan fingerprint density at radius 3 is 2.62 bits per heavy atom. The highest BCUT2D eigenvalue weighted by Crippen LogP contribution is 1.97. The summed E-state index contributed by atoms with van der Waals surface area (Å²) < 4.78 is 26.9. The van der Waals surface area contributed by atoms with Gasteiger partial charge in [0.25, 0.3) is 0 Å². The van der Waals surface area contributed by atoms with Gasteiger partial charge in [-0.25, -0.2) is 8.78 Å². The van der Waals surface area contributed by atoms with Crippen LogP contribution in [-0.2, 0) is 4.74 Å². The highest BCUT2D eigenvalue weighted by atomic mass is 19.3. The third-order valence-corrected chi connectivity index (χ3v) is 0.572. The van der Waals surface area contributed by atoms with Crippen LogP contribution in [0.15, 0.2) is 12.8 Å². The molecule has 0 rings (SSSR count). The van der Waals surface area contributed by atoms with E-state index in [1.165, 1.54) is 0 Å². The number of alkyl halides is 2. The molecule has 0 aromatic heterocycles. The van der Waals surface area contributed by atoms with E-state index < -0.39 is 6.43 Å². The van der Waals surface area contributed by atoms with Crippen LogP contribution in [0, 0.1) is 0 Å². The molecule has 0 spiro atoms. The van der Waals surface area contributed by atoms with Gasteiger partial charge in [0.2, 0.25) is 6.43 Å². The fourth-order valence-corrected chi connectivity index (χ4v) is 0.240. The van der Waals surface area contributed by atoms with Crippen molar-refractivity contribution in [3.8, 4) is 0 Å². The molecule has 0 aromatic rings. The molecule has 0 radical (unpaired) electrons. The van der Waals surface area contributed by atoms with Gasteiger partial charge >= 0.3 is 0 Å². The van der Waals surface area contributed by atoms with E-state index in [9.17, 15) is 8.78 Å². The molecule has 48 valence electrons. The molecule has 8 heavy (non-hydrogen) atoms. The molecule has 0 aliphatic heterocycles. The Hall–Kier alpha value is -0.600. The van der Waals surface area contributed by atoms with Crippen molar-refractivity contribution in [1.29, 1.82) is 0 Å². The van der Waals surface area contributed by atoms with Gasteiger partial charge in [-0.3, -0.25) is 0 Å². The molecular weight excluding hydrogens is 114 g/mol. The molecule has 3 heteroatoms. The van der Waals surface area contributed by atoms with Gasteiger partial charge in [0.1, 0.15) is 0 Å². The van der Waals surface area contributed by atoms with Crippen LogP contribution in [0.1, 0.15) is 6.42 Å². The van der Waals surface area contributed by atoms with E-state index in [0.717, 1.165) is 6.26 Å². The maximum absolute atomic E-state index is 11.2. The zero-order chi connectivity index (χ0) is 6.41. The SMILES string of the molecule is C=COCCC(F)F. The Bertz CT molecular complexity index is 63.4. The van der Waals surface area contributed by atoms with Gasteiger partial charge in [-0.15, -0.1) is 0 Å². The van der Waals surface area contributed by atoms with Crippen molar-refractivity contribution in [3.05, 3.63) is 12.8 Å². The molecule has 0 saturated heterocycles. The first kappa shape index (κ1) is 7.40. The summed E-state index contributed by atoms with van der Waals surface area (Å²) in [5, 5.41) is 0. The lowest BCUT2D eigenvalue weighted by Gasteiger charge is -1.96. The third-order valence-electron chi connectivity index (χ3n) is 0.572. The molecule has 0 fully saturated rings. The smallest absolute Gasteiger partial charge is 0.241 e. The number of rotatable bonds is 4. The van der Waals surface area contributed by atoms with Crippen LogP contribution < -0.4 is 0 Å². The van der Waals surface area contributed by atoms with Crippen molar-refractivity contribution in [1.82, 2.24) is 0 Å². The van der Waals surface area contributed by atoms with Crippen LogP contribution >= 0.6 is 0 Å². The summed E-state index contributed by atoms with van der Waals surface area (Å²) in [7, 11) is 0. The molecule has 1 nitrogen and oxygen atoms in total. The van der Waals surface area contributed by atoms with E-state index in [0.29, 0.717) is 0 Å². The Labute approximate surface area is 47.0 Å². The predicted octanol–water partition coefficient (Wildman–Crippen LogP) is 1.80. The molecule has 0 unspecified atom stereocenters. The van der Waals surface area contributed by atoms with Crippen LogP contribution in [0.2, 0.25) is 0 Å². The van der Waals surface area contributed by atoms with Crippen LogP contribution in [0.3, 0.4) is 0 Å². The normalized spacial score (nSPS) is 9.38. The number of hydrogen-bond donors (Lipinski definition) is 0. The van der Waals surface area contributed by atoms with Gasteiger partial charge in [0.05, 0.1) is 12.9 Å². The van der Waals surface area contributed by atoms with Gasteiger partial charge in [0.15, 0.2) is 0 Å². The number of hydrogen-bond acceptors (Lipinski definition) is 1. The molecule has 0 aliphatic rings. The largest absolute Gasteiger partial charge is 0.502 e. The Balaban J connectivity index is 2.81. The fraction of sp³-hybridized carbons (Fsp3) is 0.600. The van der Waals surface area contributed by atoms with Gasteiger partial charge in [-0.1, -0.05) is 6.58 Å². The van der Waals surface area contributed by atoms with Crippen molar-refractivity contribution in [2.75, 3.05) is 6.61 Å². The minimum Gasteiger partial charge on any atom is -0.502 e. The summed E-state index contributed by atoms with van der Waals surface area (Å²) in [6.45, 7) is 3.25. The predicted molar refractivity (Wildman–Crippen MR) is 26.8 cm³/mol. The summed E-state index contributed by atoms with van der Waals surface area (Å²) in [5.41, 5.74) is 0. The van der Waals surface area contributed by atoms with Crippen LogP contribution in [-0.4, -0.2) is 13.0 Å². The standard InChI is InChI=1S/C5H8F2O/c1-2-8-4-3-5(6)7/h2,5H,1,3-4H2. The average Bonchev–Trinajstić information content (AvgIpc) is 1.66. The number of halogens is 2. The Kier molecular flexibility index (Phi) is 4.21. The van der Waals surface area contributed by atoms with Crippen LogP contribution in [0.4, 0.5) is 8.78 Å². The van der Waals surface area contributed by atoms with Gasteiger partial charge < -0.3 is 4.74 Å². The van der Waals surface area contributed by atoms with Gasteiger partial charge in [0, 0.05) is 6.42 Å². The van der Waals surface area contributed by atoms with Gasteiger partial charge in [-0.05, 0) is 0 Å². The maximum atomic E-state index is 11.2. The average molecular weight is 122 g/mol. The van der Waals surface area contributed by atoms with Crippen molar-refractivity contribution >= 4 is 0 Å². The zero-order valence-corrected chi connectivity index (χ0v) is 4.44. The maximum Gasteiger partial charge on any atom is 0.241 e. The summed E-state index contributed by atoms with van der Waals surface area (Å²) in [6.07, 6.45) is -1.33. The van der Waals surface area contributed by atoms with Gasteiger partial charge in [-0.2, -0.15) is 0 Å². The Morgan fingerprint density at radius 1 is 1.62 bits per heavy atom. The quantitative estimate of drug-likeness (QED) is 0.408. The molecule has 0 heterocycles. The second-order valence-electron chi connectivity index (χ2n) is 1.22. The lowest BCUT2D eigenvalue weighted by molar-refractivity contribution is 0.102. The molecule has 0 N–H and O–H groups in total. The second kappa shape index (κ2) is 4.56. The molecule has 0 aliphatic carbocycles. The first-order valence-electron chi connectivity index (χ1n) is 2.28. The summed E-state index contributed by atoms with van der Waals surface area (Å²) in [4.78, 5) is 0. The van der Waals surface area contributed by atoms with Crippen molar-refractivity contribution < 1.29 is 13.5 Å². The van der Waals surface area contributed by atoms with E-state index in [1.54, 1.807) is 0 Å². The van der Waals surface area contributed by atoms with E-state index in [1.807, 2.05) is 0 Å².